The molecular weight excluding hydrogens is 494 g/mol. The van der Waals surface area contributed by atoms with E-state index in [0.29, 0.717) is 11.3 Å². The fraction of sp³-hybridized carbons (Fsp3) is 0.444. The van der Waals surface area contributed by atoms with Crippen molar-refractivity contribution in [1.29, 1.82) is 0 Å². The van der Waals surface area contributed by atoms with Crippen LogP contribution < -0.4 is 10.6 Å². The average Bonchev–Trinajstić information content (AvgIpc) is 2.82. The molecule has 0 radical (unpaired) electrons. The fourth-order valence-electron chi connectivity index (χ4n) is 6.00. The van der Waals surface area contributed by atoms with Gasteiger partial charge < -0.3 is 35.8 Å². The van der Waals surface area contributed by atoms with Crippen LogP contribution in [0.1, 0.15) is 27.9 Å². The molecule has 4 rings (SSSR count). The van der Waals surface area contributed by atoms with E-state index >= 15 is 0 Å². The summed E-state index contributed by atoms with van der Waals surface area (Å²) in [6.07, 6.45) is 0.218. The number of carbonyl (C=O) groups excluding carboxylic acids is 3. The van der Waals surface area contributed by atoms with Crippen molar-refractivity contribution in [2.45, 2.75) is 24.5 Å². The molecule has 1 aromatic rings. The van der Waals surface area contributed by atoms with Crippen molar-refractivity contribution < 1.29 is 39.5 Å². The molecule has 38 heavy (non-hydrogen) atoms. The van der Waals surface area contributed by atoms with Gasteiger partial charge in [-0.2, -0.15) is 0 Å². The summed E-state index contributed by atoms with van der Waals surface area (Å²) >= 11 is 0. The minimum Gasteiger partial charge on any atom is -0.510 e. The summed E-state index contributed by atoms with van der Waals surface area (Å²) < 4.78 is 4.94. The number of nitrogens with zero attached hydrogens (tertiary/aromatic N) is 2. The van der Waals surface area contributed by atoms with Crippen molar-refractivity contribution in [2.24, 2.45) is 17.6 Å². The summed E-state index contributed by atoms with van der Waals surface area (Å²) in [6.45, 7) is 0.0991. The second-order valence-electron chi connectivity index (χ2n) is 10.2. The van der Waals surface area contributed by atoms with E-state index in [2.05, 4.69) is 11.8 Å². The van der Waals surface area contributed by atoms with E-state index in [4.69, 9.17) is 10.5 Å². The van der Waals surface area contributed by atoms with Gasteiger partial charge in [-0.05, 0) is 44.5 Å². The number of primary amides is 1. The number of phenols is 1. The number of carbonyl (C=O) groups is 3. The molecule has 0 saturated heterocycles. The monoisotopic (exact) mass is 525 g/mol. The molecule has 0 heterocycles. The van der Waals surface area contributed by atoms with E-state index in [9.17, 15) is 34.8 Å². The number of rotatable bonds is 4. The smallest absolute Gasteiger partial charge is 0.255 e. The number of ether oxygens (including phenoxy) is 1. The molecule has 0 saturated carbocycles. The molecule has 1 aromatic carbocycles. The van der Waals surface area contributed by atoms with Gasteiger partial charge >= 0.3 is 0 Å². The Kier molecular flexibility index (Phi) is 6.78. The number of benzene rings is 1. The van der Waals surface area contributed by atoms with Gasteiger partial charge in [0.25, 0.3) is 5.91 Å². The minimum atomic E-state index is -2.68. The van der Waals surface area contributed by atoms with Crippen LogP contribution in [0, 0.1) is 23.7 Å². The molecule has 4 atom stereocenters. The Hall–Kier alpha value is -3.85. The van der Waals surface area contributed by atoms with Gasteiger partial charge in [0.05, 0.1) is 17.2 Å². The zero-order valence-electron chi connectivity index (χ0n) is 21.8. The lowest BCUT2D eigenvalue weighted by molar-refractivity contribution is -0.148. The van der Waals surface area contributed by atoms with Gasteiger partial charge in [0, 0.05) is 38.4 Å². The summed E-state index contributed by atoms with van der Waals surface area (Å²) in [4.78, 5) is 42.7. The van der Waals surface area contributed by atoms with Crippen LogP contribution in [0.5, 0.6) is 5.75 Å². The maximum Gasteiger partial charge on any atom is 0.255 e. The molecule has 0 fully saturated rings. The second-order valence-corrected chi connectivity index (χ2v) is 10.2. The lowest BCUT2D eigenvalue weighted by atomic mass is 9.58. The van der Waals surface area contributed by atoms with Crippen molar-refractivity contribution in [3.63, 3.8) is 0 Å². The van der Waals surface area contributed by atoms with Gasteiger partial charge in [-0.15, -0.1) is 0 Å². The van der Waals surface area contributed by atoms with Crippen molar-refractivity contribution in [3.05, 3.63) is 45.4 Å². The lowest BCUT2D eigenvalue weighted by Crippen LogP contribution is -2.63. The Bertz CT molecular complexity index is 1380. The van der Waals surface area contributed by atoms with E-state index in [1.807, 2.05) is 0 Å². The van der Waals surface area contributed by atoms with Gasteiger partial charge in [-0.3, -0.25) is 19.3 Å². The third kappa shape index (κ3) is 3.75. The third-order valence-corrected chi connectivity index (χ3v) is 7.62. The van der Waals surface area contributed by atoms with E-state index in [1.54, 1.807) is 39.2 Å². The molecule has 0 aromatic heterocycles. The van der Waals surface area contributed by atoms with Crippen molar-refractivity contribution in [2.75, 3.05) is 46.8 Å². The second kappa shape index (κ2) is 9.47. The normalized spacial score (nSPS) is 26.4. The number of anilines is 1. The Morgan fingerprint density at radius 2 is 1.87 bits per heavy atom. The van der Waals surface area contributed by atoms with Crippen molar-refractivity contribution >= 4 is 23.2 Å². The minimum absolute atomic E-state index is 0.0226. The molecule has 0 aliphatic heterocycles. The highest BCUT2D eigenvalue weighted by molar-refractivity contribution is 6.25. The molecule has 0 spiro atoms. The largest absolute Gasteiger partial charge is 0.510 e. The molecule has 11 nitrogen and oxygen atoms in total. The van der Waals surface area contributed by atoms with Crippen LogP contribution in [0.3, 0.4) is 0 Å². The molecule has 3 aliphatic carbocycles. The molecule has 0 unspecified atom stereocenters. The molecule has 202 valence electrons. The van der Waals surface area contributed by atoms with Crippen molar-refractivity contribution in [1.82, 2.24) is 4.90 Å². The lowest BCUT2D eigenvalue weighted by Gasteiger charge is -2.50. The summed E-state index contributed by atoms with van der Waals surface area (Å²) in [6, 6.07) is 0.624. The number of hydrogen-bond acceptors (Lipinski definition) is 10. The molecule has 1 amide bonds. The predicted molar refractivity (Wildman–Crippen MR) is 137 cm³/mol. The average molecular weight is 526 g/mol. The number of fused-ring (bicyclic) bond motifs is 3. The molecular formula is C27H31N3O8. The van der Waals surface area contributed by atoms with Crippen LogP contribution in [0.15, 0.2) is 28.7 Å². The van der Waals surface area contributed by atoms with Crippen LogP contribution in [0.25, 0.3) is 0 Å². The van der Waals surface area contributed by atoms with E-state index < -0.39 is 58.0 Å². The first-order valence-corrected chi connectivity index (χ1v) is 12.0. The SMILES string of the molecule is COCC#Cc1cc(N(C)C)c2c(c1O)C(=O)C1=C(O)[C@]3(O)C(=O)C(C(N)=O)=C(O)[C@H](N(C)C)[C@@H]3C[C@@H]1C2. The maximum absolute atomic E-state index is 13.9. The highest BCUT2D eigenvalue weighted by Gasteiger charge is 2.63. The molecule has 3 aliphatic rings. The van der Waals surface area contributed by atoms with Gasteiger partial charge in [0.1, 0.15) is 29.4 Å². The van der Waals surface area contributed by atoms with Gasteiger partial charge in [0.2, 0.25) is 5.78 Å². The Labute approximate surface area is 219 Å². The highest BCUT2D eigenvalue weighted by atomic mass is 16.5. The first-order valence-electron chi connectivity index (χ1n) is 12.0. The molecule has 6 N–H and O–H groups in total. The Morgan fingerprint density at radius 1 is 1.21 bits per heavy atom. The molecule has 11 heteroatoms. The number of Topliss-reactive ketones (excluding diaryl/α,β-unsaturated/α-hetero) is 2. The van der Waals surface area contributed by atoms with E-state index in [0.717, 1.165) is 0 Å². The summed E-state index contributed by atoms with van der Waals surface area (Å²) in [7, 11) is 8.20. The van der Waals surface area contributed by atoms with Gasteiger partial charge in [0.15, 0.2) is 11.4 Å². The van der Waals surface area contributed by atoms with Crippen LogP contribution in [-0.4, -0.2) is 96.3 Å². The number of aliphatic hydroxyl groups excluding tert-OH is 2. The van der Waals surface area contributed by atoms with Crippen LogP contribution in [0.4, 0.5) is 5.69 Å². The fourth-order valence-corrected chi connectivity index (χ4v) is 6.00. The quantitative estimate of drug-likeness (QED) is 0.270. The third-order valence-electron chi connectivity index (χ3n) is 7.62. The topological polar surface area (TPSA) is 174 Å². The van der Waals surface area contributed by atoms with Gasteiger partial charge in [-0.25, -0.2) is 0 Å². The number of phenolic OH excluding ortho intramolecular Hbond substituents is 1. The summed E-state index contributed by atoms with van der Waals surface area (Å²) in [5, 5.41) is 45.0. The van der Waals surface area contributed by atoms with Crippen molar-refractivity contribution in [3.8, 4) is 17.6 Å². The summed E-state index contributed by atoms with van der Waals surface area (Å²) in [5.74, 6) is -1.39. The maximum atomic E-state index is 13.9. The standard InChI is InChI=1S/C27H31N3O8/c1-29(2)16-11-12(7-6-8-38-5)21(31)18-14(16)9-13-10-15-20(30(3)4)23(33)19(26(28)36)25(35)27(15,37)24(34)17(13)22(18)32/h11,13,15,20,31,33-34,37H,8-10H2,1-5H3,(H2,28,36)/t13-,15-,20+,27-/m0/s1. The number of nitrogens with two attached hydrogens (primary N) is 1. The number of methoxy groups -OCH3 is 1. The van der Waals surface area contributed by atoms with Gasteiger partial charge in [-0.1, -0.05) is 11.8 Å². The number of amides is 1. The highest BCUT2D eigenvalue weighted by Crippen LogP contribution is 2.53. The number of likely N-dealkylation sites (N-methyl/N-ethyl adjacent to an activating group) is 1. The first-order chi connectivity index (χ1) is 17.8. The first kappa shape index (κ1) is 27.2. The molecule has 0 bridgehead atoms. The number of allylic oxidation sites excluding steroid dienone is 1. The Balaban J connectivity index is 1.97. The van der Waals surface area contributed by atoms with Crippen LogP contribution in [0.2, 0.25) is 0 Å². The van der Waals surface area contributed by atoms with E-state index in [1.165, 1.54) is 12.0 Å². The zero-order chi connectivity index (χ0) is 28.3. The Morgan fingerprint density at radius 3 is 2.42 bits per heavy atom. The number of aromatic hydroxyl groups is 1. The zero-order valence-corrected chi connectivity index (χ0v) is 21.8. The van der Waals surface area contributed by atoms with Crippen LogP contribution in [-0.2, 0) is 20.7 Å². The van der Waals surface area contributed by atoms with E-state index in [-0.39, 0.29) is 41.9 Å². The predicted octanol–water partition coefficient (Wildman–Crippen LogP) is 0.185. The van der Waals surface area contributed by atoms with Crippen LogP contribution >= 0.6 is 0 Å². The number of aliphatic hydroxyl groups is 3. The number of ketones is 2. The summed E-state index contributed by atoms with van der Waals surface area (Å²) in [5.41, 5.74) is 2.88. The number of hydrogen-bond donors (Lipinski definition) is 5.